The van der Waals surface area contributed by atoms with Gasteiger partial charge in [0.15, 0.2) is 0 Å². The van der Waals surface area contributed by atoms with Crippen LogP contribution in [0.4, 0.5) is 0 Å². The van der Waals surface area contributed by atoms with E-state index in [0.717, 1.165) is 57.9 Å². The van der Waals surface area contributed by atoms with Gasteiger partial charge in [-0.3, -0.25) is 0 Å². The second-order valence-corrected chi connectivity index (χ2v) is 9.59. The summed E-state index contributed by atoms with van der Waals surface area (Å²) < 4.78 is 16.0. The number of unbranched alkanes of at least 4 members (excludes halogenated alkanes) is 5. The van der Waals surface area contributed by atoms with Crippen molar-refractivity contribution in [3.05, 3.63) is 48.6 Å². The molecule has 0 aliphatic rings. The van der Waals surface area contributed by atoms with E-state index in [2.05, 4.69) is 36.2 Å². The summed E-state index contributed by atoms with van der Waals surface area (Å²) in [5, 5.41) is 3.58. The van der Waals surface area contributed by atoms with Crippen molar-refractivity contribution in [3.8, 4) is 0 Å². The van der Waals surface area contributed by atoms with E-state index in [0.29, 0.717) is 6.54 Å². The van der Waals surface area contributed by atoms with Crippen LogP contribution in [-0.2, 0) is 14.2 Å². The fourth-order valence-electron chi connectivity index (χ4n) is 4.34. The summed E-state index contributed by atoms with van der Waals surface area (Å²) in [7, 11) is 4.84. The van der Waals surface area contributed by atoms with Gasteiger partial charge in [-0.25, -0.2) is 0 Å². The molecule has 5 nitrogen and oxygen atoms in total. The van der Waals surface area contributed by atoms with Gasteiger partial charge < -0.3 is 25.3 Å². The first-order valence-corrected chi connectivity index (χ1v) is 12.8. The van der Waals surface area contributed by atoms with Crippen LogP contribution in [-0.4, -0.2) is 45.3 Å². The lowest BCUT2D eigenvalue weighted by molar-refractivity contribution is -0.355. The Bertz CT molecular complexity index is 609. The monoisotopic (exact) mass is 518 g/mol. The molecule has 1 rings (SSSR count). The van der Waals surface area contributed by atoms with E-state index in [9.17, 15) is 0 Å². The number of hydrogen-bond acceptors (Lipinski definition) is 5. The molecule has 0 spiro atoms. The Hall–Kier alpha value is -0.660. The maximum atomic E-state index is 7.00. The molecule has 0 saturated heterocycles. The summed E-state index contributed by atoms with van der Waals surface area (Å²) in [6.45, 7) is 5.52. The van der Waals surface area contributed by atoms with Gasteiger partial charge in [0, 0.05) is 32.6 Å². The van der Waals surface area contributed by atoms with Gasteiger partial charge in [0.2, 0.25) is 0 Å². The number of methoxy groups -OCH3 is 3. The highest BCUT2D eigenvalue weighted by atomic mass is 35.5. The minimum Gasteiger partial charge on any atom is -0.331 e. The second-order valence-electron chi connectivity index (χ2n) is 8.79. The Morgan fingerprint density at radius 3 is 1.94 bits per heavy atom. The number of alkyl halides is 1. The van der Waals surface area contributed by atoms with Gasteiger partial charge in [-0.15, -0.1) is 30.6 Å². The lowest BCUT2D eigenvalue weighted by Gasteiger charge is -2.28. The Labute approximate surface area is 219 Å². The average Bonchev–Trinajstić information content (AvgIpc) is 2.84. The largest absolute Gasteiger partial charge is 0.331 e. The van der Waals surface area contributed by atoms with E-state index in [1.807, 2.05) is 12.1 Å². The number of benzene rings is 1. The molecule has 1 aromatic carbocycles. The quantitative estimate of drug-likeness (QED) is 0.0815. The molecule has 7 heteroatoms. The van der Waals surface area contributed by atoms with Gasteiger partial charge in [-0.05, 0) is 50.8 Å². The highest BCUT2D eigenvalue weighted by Crippen LogP contribution is 2.32. The van der Waals surface area contributed by atoms with Crippen LogP contribution in [0.2, 0.25) is 0 Å². The number of nitrogens with one attached hydrogen (secondary N) is 1. The third kappa shape index (κ3) is 12.9. The van der Waals surface area contributed by atoms with Crippen LogP contribution >= 0.6 is 24.0 Å². The molecule has 1 aromatic rings. The average molecular weight is 520 g/mol. The summed E-state index contributed by atoms with van der Waals surface area (Å²) in [5.74, 6) is -0.901. The molecule has 2 atom stereocenters. The van der Waals surface area contributed by atoms with Gasteiger partial charge in [0.1, 0.15) is 0 Å². The van der Waals surface area contributed by atoms with Gasteiger partial charge in [-0.2, -0.15) is 0 Å². The Kier molecular flexibility index (Phi) is 19.1. The van der Waals surface area contributed by atoms with E-state index in [4.69, 9.17) is 31.5 Å². The first kappa shape index (κ1) is 33.3. The van der Waals surface area contributed by atoms with Crippen LogP contribution in [0.15, 0.2) is 43.0 Å². The fraction of sp³-hybridized carbons (Fsp3) is 0.704. The summed E-state index contributed by atoms with van der Waals surface area (Å²) in [6, 6.07) is 10.6. The first-order valence-electron chi connectivity index (χ1n) is 12.4. The van der Waals surface area contributed by atoms with Gasteiger partial charge >= 0.3 is 0 Å². The number of ether oxygens (including phenoxy) is 3. The molecule has 0 amide bonds. The predicted octanol–water partition coefficient (Wildman–Crippen LogP) is 6.75. The third-order valence-corrected chi connectivity index (χ3v) is 7.01. The number of rotatable bonds is 21. The summed E-state index contributed by atoms with van der Waals surface area (Å²) in [6.07, 6.45) is 13.5. The summed E-state index contributed by atoms with van der Waals surface area (Å²) in [5.41, 5.74) is 7.12. The number of hydrogen-bond donors (Lipinski definition) is 2. The van der Waals surface area contributed by atoms with E-state index >= 15 is 0 Å². The van der Waals surface area contributed by atoms with Crippen molar-refractivity contribution in [1.29, 1.82) is 0 Å². The van der Waals surface area contributed by atoms with Crippen LogP contribution in [0.5, 0.6) is 0 Å². The third-order valence-electron chi connectivity index (χ3n) is 6.44. The molecular formula is C27H48Cl2N2O3. The highest BCUT2D eigenvalue weighted by Gasteiger charge is 2.28. The van der Waals surface area contributed by atoms with E-state index < -0.39 is 5.97 Å². The lowest BCUT2D eigenvalue weighted by Crippen LogP contribution is -2.35. The Balaban J connectivity index is 0.0000109. The normalized spacial score (nSPS) is 14.3. The molecule has 0 radical (unpaired) electrons. The van der Waals surface area contributed by atoms with Crippen molar-refractivity contribution in [2.24, 2.45) is 5.73 Å². The zero-order valence-corrected chi connectivity index (χ0v) is 23.1. The molecular weight excluding hydrogens is 471 g/mol. The smallest absolute Gasteiger partial charge is 0.282 e. The van der Waals surface area contributed by atoms with Crippen molar-refractivity contribution in [2.75, 3.05) is 34.4 Å². The van der Waals surface area contributed by atoms with E-state index in [1.165, 1.54) is 24.8 Å². The van der Waals surface area contributed by atoms with E-state index in [-0.39, 0.29) is 23.3 Å². The van der Waals surface area contributed by atoms with Crippen molar-refractivity contribution >= 4 is 24.0 Å². The number of nitrogens with two attached hydrogens (primary N) is 1. The molecule has 0 aliphatic carbocycles. The van der Waals surface area contributed by atoms with Crippen LogP contribution < -0.4 is 11.1 Å². The van der Waals surface area contributed by atoms with Crippen molar-refractivity contribution < 1.29 is 14.2 Å². The maximum Gasteiger partial charge on any atom is 0.282 e. The van der Waals surface area contributed by atoms with Crippen LogP contribution in [0.1, 0.15) is 82.2 Å². The molecule has 0 saturated carbocycles. The number of halogens is 2. The predicted molar refractivity (Wildman–Crippen MR) is 147 cm³/mol. The van der Waals surface area contributed by atoms with Crippen molar-refractivity contribution in [3.63, 3.8) is 0 Å². The zero-order valence-electron chi connectivity index (χ0n) is 21.5. The summed E-state index contributed by atoms with van der Waals surface area (Å²) in [4.78, 5) is -0.193. The van der Waals surface area contributed by atoms with Crippen LogP contribution in [0, 0.1) is 0 Å². The van der Waals surface area contributed by atoms with E-state index in [1.54, 1.807) is 21.3 Å². The van der Waals surface area contributed by atoms with Gasteiger partial charge in [0.05, 0.1) is 6.04 Å². The molecule has 0 aliphatic heterocycles. The van der Waals surface area contributed by atoms with Crippen molar-refractivity contribution in [2.45, 2.75) is 87.5 Å². The SMILES string of the molecule is C=CC(NCCCC(Cl)(CCN)CCCCCCCCC(OC)(OC)OC)c1ccccc1.Cl. The summed E-state index contributed by atoms with van der Waals surface area (Å²) >= 11 is 7.00. The molecule has 3 N–H and O–H groups in total. The molecule has 34 heavy (non-hydrogen) atoms. The maximum absolute atomic E-state index is 7.00. The van der Waals surface area contributed by atoms with Crippen LogP contribution in [0.3, 0.4) is 0 Å². The van der Waals surface area contributed by atoms with Gasteiger partial charge in [-0.1, -0.05) is 68.5 Å². The molecule has 2 unspecified atom stereocenters. The molecule has 0 fully saturated rings. The van der Waals surface area contributed by atoms with Crippen LogP contribution in [0.25, 0.3) is 0 Å². The molecule has 0 heterocycles. The zero-order chi connectivity index (χ0) is 24.4. The Morgan fingerprint density at radius 2 is 1.41 bits per heavy atom. The minimum atomic E-state index is -0.901. The molecule has 0 bridgehead atoms. The fourth-order valence-corrected chi connectivity index (χ4v) is 4.72. The molecule has 198 valence electrons. The lowest BCUT2D eigenvalue weighted by atomic mass is 9.91. The standard InChI is InChI=1S/C27H47ClN2O3.ClH/c1-5-25(24-16-11-10-12-17-24)30-23-15-19-26(28,21-22-29)18-13-8-6-7-9-14-20-27(31-2,32-3)33-4;/h5,10-12,16-17,25,30H,1,6-9,13-15,18-23,29H2,2-4H3;1H. The highest BCUT2D eigenvalue weighted by molar-refractivity contribution is 6.23. The second kappa shape index (κ2) is 19.5. The minimum absolute atomic E-state index is 0. The van der Waals surface area contributed by atoms with Gasteiger partial charge in [0.25, 0.3) is 5.97 Å². The topological polar surface area (TPSA) is 65.7 Å². The molecule has 0 aromatic heterocycles. The van der Waals surface area contributed by atoms with Crippen molar-refractivity contribution in [1.82, 2.24) is 5.32 Å². The Morgan fingerprint density at radius 1 is 0.882 bits per heavy atom. The first-order chi connectivity index (χ1) is 16.0.